The van der Waals surface area contributed by atoms with E-state index in [-0.39, 0.29) is 5.97 Å². The fourth-order valence-corrected chi connectivity index (χ4v) is 2.43. The summed E-state index contributed by atoms with van der Waals surface area (Å²) in [6, 6.07) is 0. The molecule has 0 amide bonds. The van der Waals surface area contributed by atoms with Gasteiger partial charge in [-0.05, 0) is 76.5 Å². The largest absolute Gasteiger partial charge is 0.463 e. The first kappa shape index (κ1) is 22.5. The minimum Gasteiger partial charge on any atom is -0.463 e. The van der Waals surface area contributed by atoms with E-state index in [9.17, 15) is 4.79 Å². The van der Waals surface area contributed by atoms with Gasteiger partial charge < -0.3 is 4.74 Å². The monoisotopic (exact) mass is 332 g/mol. The number of allylic oxidation sites excluding steroid dienone is 4. The van der Waals surface area contributed by atoms with Crippen molar-refractivity contribution in [3.63, 3.8) is 0 Å². The van der Waals surface area contributed by atoms with Gasteiger partial charge in [0, 0.05) is 6.08 Å². The number of rotatable bonds is 11. The lowest BCUT2D eigenvalue weighted by molar-refractivity contribution is -0.137. The molecule has 0 aliphatic carbocycles. The molecule has 0 aliphatic rings. The van der Waals surface area contributed by atoms with Crippen LogP contribution >= 0.6 is 0 Å². The van der Waals surface area contributed by atoms with Crippen molar-refractivity contribution in [2.45, 2.75) is 73.6 Å². The van der Waals surface area contributed by atoms with Crippen molar-refractivity contribution in [1.29, 1.82) is 0 Å². The lowest BCUT2D eigenvalue weighted by atomic mass is 9.95. The minimum atomic E-state index is -0.289. The summed E-state index contributed by atoms with van der Waals surface area (Å²) in [4.78, 5) is 11.3. The zero-order chi connectivity index (χ0) is 18.4. The van der Waals surface area contributed by atoms with Gasteiger partial charge in [0.1, 0.15) is 0 Å². The number of carbonyl (C=O) groups is 1. The van der Waals surface area contributed by atoms with Crippen LogP contribution in [0.3, 0.4) is 0 Å². The smallest absolute Gasteiger partial charge is 0.331 e. The Morgan fingerprint density at radius 3 is 2.46 bits per heavy atom. The van der Waals surface area contributed by atoms with Crippen molar-refractivity contribution in [2.75, 3.05) is 6.61 Å². The summed E-state index contributed by atoms with van der Waals surface area (Å²) < 4.78 is 4.88. The predicted molar refractivity (Wildman–Crippen MR) is 104 cm³/mol. The van der Waals surface area contributed by atoms with Gasteiger partial charge in [0.25, 0.3) is 0 Å². The Balaban J connectivity index is 4.07. The molecule has 0 saturated carbocycles. The fourth-order valence-electron chi connectivity index (χ4n) is 2.43. The first-order chi connectivity index (χ1) is 11.3. The standard InChI is InChI=1S/C22H36O2/c1-7-24-22(23)17-21(6)16-10-15-20(5)14-9-13-19(4)12-8-11-18(2)3/h11,15-17,19-20H,7-9,12-14H2,1-6H3. The van der Waals surface area contributed by atoms with Crippen LogP contribution < -0.4 is 0 Å². The van der Waals surface area contributed by atoms with Crippen molar-refractivity contribution in [3.05, 3.63) is 41.2 Å². The predicted octanol–water partition coefficient (Wildman–Crippen LogP) is 6.40. The van der Waals surface area contributed by atoms with Crippen LogP contribution in [0.4, 0.5) is 0 Å². The van der Waals surface area contributed by atoms with Crippen LogP contribution in [0.5, 0.6) is 0 Å². The Hall–Kier alpha value is -1.53. The van der Waals surface area contributed by atoms with Crippen molar-refractivity contribution >= 4 is 5.97 Å². The fraction of sp³-hybridized carbons (Fsp3) is 0.636. The summed E-state index contributed by atoms with van der Waals surface area (Å²) in [7, 11) is 0. The second-order valence-corrected chi connectivity index (χ2v) is 6.99. The molecule has 136 valence electrons. The third kappa shape index (κ3) is 14.1. The van der Waals surface area contributed by atoms with Gasteiger partial charge in [-0.2, -0.15) is 0 Å². The summed E-state index contributed by atoms with van der Waals surface area (Å²) >= 11 is 0. The topological polar surface area (TPSA) is 26.3 Å². The molecule has 0 saturated heterocycles. The molecular formula is C22H36O2. The highest BCUT2D eigenvalue weighted by atomic mass is 16.5. The average Bonchev–Trinajstić information content (AvgIpc) is 2.46. The zero-order valence-corrected chi connectivity index (χ0v) is 16.5. The molecule has 2 atom stereocenters. The molecule has 0 rings (SSSR count). The van der Waals surface area contributed by atoms with Gasteiger partial charge >= 0.3 is 5.97 Å². The van der Waals surface area contributed by atoms with Crippen LogP contribution in [0.25, 0.3) is 0 Å². The van der Waals surface area contributed by atoms with E-state index in [1.54, 1.807) is 6.92 Å². The van der Waals surface area contributed by atoms with Gasteiger partial charge in [0.15, 0.2) is 0 Å². The molecule has 24 heavy (non-hydrogen) atoms. The van der Waals surface area contributed by atoms with E-state index in [0.29, 0.717) is 12.5 Å². The zero-order valence-electron chi connectivity index (χ0n) is 16.5. The molecule has 2 heteroatoms. The molecule has 2 unspecified atom stereocenters. The van der Waals surface area contributed by atoms with E-state index in [2.05, 4.69) is 45.6 Å². The molecule has 0 fully saturated rings. The first-order valence-electron chi connectivity index (χ1n) is 9.26. The molecule has 0 N–H and O–H groups in total. The highest BCUT2D eigenvalue weighted by Crippen LogP contribution is 2.18. The third-order valence-corrected chi connectivity index (χ3v) is 3.89. The van der Waals surface area contributed by atoms with E-state index < -0.39 is 0 Å². The minimum absolute atomic E-state index is 0.289. The van der Waals surface area contributed by atoms with Gasteiger partial charge in [-0.3, -0.25) is 0 Å². The molecule has 0 aromatic heterocycles. The van der Waals surface area contributed by atoms with Gasteiger partial charge in [-0.25, -0.2) is 4.79 Å². The quantitative estimate of drug-likeness (QED) is 0.144. The number of esters is 1. The molecule has 0 aromatic carbocycles. The van der Waals surface area contributed by atoms with Gasteiger partial charge in [-0.15, -0.1) is 5.73 Å². The molecule has 0 spiro atoms. The second-order valence-electron chi connectivity index (χ2n) is 6.99. The molecule has 2 nitrogen and oxygen atoms in total. The second kappa shape index (κ2) is 13.9. The van der Waals surface area contributed by atoms with E-state index in [1.807, 2.05) is 13.0 Å². The first-order valence-corrected chi connectivity index (χ1v) is 9.26. The number of hydrogen-bond acceptors (Lipinski definition) is 2. The van der Waals surface area contributed by atoms with Crippen LogP contribution in [0.15, 0.2) is 41.2 Å². The Labute approximate surface area is 149 Å². The van der Waals surface area contributed by atoms with Crippen LogP contribution in [0.1, 0.15) is 73.6 Å². The summed E-state index contributed by atoms with van der Waals surface area (Å²) in [6.45, 7) is 13.0. The Kier molecular flexibility index (Phi) is 13.0. The Morgan fingerprint density at radius 2 is 1.83 bits per heavy atom. The third-order valence-electron chi connectivity index (χ3n) is 3.89. The van der Waals surface area contributed by atoms with E-state index in [4.69, 9.17) is 4.74 Å². The molecule has 0 aliphatic heterocycles. The van der Waals surface area contributed by atoms with Crippen LogP contribution in [-0.4, -0.2) is 12.6 Å². The average molecular weight is 333 g/mol. The van der Waals surface area contributed by atoms with Crippen molar-refractivity contribution < 1.29 is 9.53 Å². The highest BCUT2D eigenvalue weighted by molar-refractivity contribution is 5.83. The maximum absolute atomic E-state index is 11.3. The number of carbonyl (C=O) groups excluding carboxylic acids is 1. The van der Waals surface area contributed by atoms with Crippen molar-refractivity contribution in [2.24, 2.45) is 11.8 Å². The van der Waals surface area contributed by atoms with Crippen LogP contribution in [0, 0.1) is 11.8 Å². The maximum Gasteiger partial charge on any atom is 0.331 e. The molecule has 0 radical (unpaired) electrons. The molecule has 0 aromatic rings. The Morgan fingerprint density at radius 1 is 1.12 bits per heavy atom. The highest BCUT2D eigenvalue weighted by Gasteiger charge is 2.03. The lowest BCUT2D eigenvalue weighted by Crippen LogP contribution is -1.99. The van der Waals surface area contributed by atoms with Gasteiger partial charge in [0.05, 0.1) is 6.61 Å². The van der Waals surface area contributed by atoms with Gasteiger partial charge in [-0.1, -0.05) is 38.3 Å². The van der Waals surface area contributed by atoms with Crippen molar-refractivity contribution in [3.8, 4) is 0 Å². The normalized spacial score (nSPS) is 13.5. The van der Waals surface area contributed by atoms with E-state index in [1.165, 1.54) is 43.8 Å². The van der Waals surface area contributed by atoms with Crippen LogP contribution in [0.2, 0.25) is 0 Å². The maximum atomic E-state index is 11.3. The van der Waals surface area contributed by atoms with Crippen LogP contribution in [-0.2, 0) is 9.53 Å². The number of hydrogen-bond donors (Lipinski definition) is 0. The van der Waals surface area contributed by atoms with E-state index in [0.717, 1.165) is 11.5 Å². The van der Waals surface area contributed by atoms with E-state index >= 15 is 0 Å². The van der Waals surface area contributed by atoms with Gasteiger partial charge in [0.2, 0.25) is 0 Å². The lowest BCUT2D eigenvalue weighted by Gasteiger charge is -2.11. The summed E-state index contributed by atoms with van der Waals surface area (Å²) in [6.07, 6.45) is 14.0. The molecule has 0 heterocycles. The number of ether oxygens (including phenoxy) is 1. The van der Waals surface area contributed by atoms with Crippen molar-refractivity contribution in [1.82, 2.24) is 0 Å². The Bertz CT molecular complexity index is 472. The molecule has 0 bridgehead atoms. The SMILES string of the molecule is CCOC(=O)C=C(C)C=C=CC(C)CCCC(C)CCC=C(C)C. The summed E-state index contributed by atoms with van der Waals surface area (Å²) in [5.74, 6) is 1.02. The summed E-state index contributed by atoms with van der Waals surface area (Å²) in [5, 5.41) is 0. The summed E-state index contributed by atoms with van der Waals surface area (Å²) in [5.41, 5.74) is 5.47. The molecular weight excluding hydrogens is 296 g/mol.